The summed E-state index contributed by atoms with van der Waals surface area (Å²) < 4.78 is 5.39. The van der Waals surface area contributed by atoms with Gasteiger partial charge < -0.3 is 15.0 Å². The van der Waals surface area contributed by atoms with Crippen LogP contribution in [-0.2, 0) is 11.3 Å². The van der Waals surface area contributed by atoms with Crippen LogP contribution >= 0.6 is 11.3 Å². The first-order valence-electron chi connectivity index (χ1n) is 7.77. The van der Waals surface area contributed by atoms with Gasteiger partial charge in [0.1, 0.15) is 5.82 Å². The van der Waals surface area contributed by atoms with Crippen molar-refractivity contribution in [2.24, 2.45) is 0 Å². The summed E-state index contributed by atoms with van der Waals surface area (Å²) in [7, 11) is 0. The summed E-state index contributed by atoms with van der Waals surface area (Å²) in [5.41, 5.74) is 2.20. The molecule has 2 aromatic heterocycles. The van der Waals surface area contributed by atoms with Gasteiger partial charge in [-0.25, -0.2) is 4.98 Å². The van der Waals surface area contributed by atoms with E-state index in [0.717, 1.165) is 48.1 Å². The molecule has 23 heavy (non-hydrogen) atoms. The normalized spacial score (nSPS) is 14.8. The number of carbonyl (C=O) groups excluding carboxylic acids is 1. The van der Waals surface area contributed by atoms with Gasteiger partial charge in [0.15, 0.2) is 0 Å². The Morgan fingerprint density at radius 1 is 1.39 bits per heavy atom. The van der Waals surface area contributed by atoms with Crippen molar-refractivity contribution in [3.63, 3.8) is 0 Å². The molecular weight excluding hydrogens is 310 g/mol. The summed E-state index contributed by atoms with van der Waals surface area (Å²) in [5.74, 6) is 0.914. The number of ether oxygens (including phenoxy) is 1. The Morgan fingerprint density at radius 3 is 2.87 bits per heavy atom. The molecule has 0 aromatic carbocycles. The second-order valence-corrected chi connectivity index (χ2v) is 6.87. The molecule has 0 atom stereocenters. The number of anilines is 1. The first-order valence-corrected chi connectivity index (χ1v) is 8.58. The molecule has 0 unspecified atom stereocenters. The lowest BCUT2D eigenvalue weighted by Gasteiger charge is -2.29. The van der Waals surface area contributed by atoms with Crippen LogP contribution in [0.25, 0.3) is 0 Å². The van der Waals surface area contributed by atoms with Crippen LogP contribution in [0.3, 0.4) is 0 Å². The highest BCUT2D eigenvalue weighted by Crippen LogP contribution is 2.21. The van der Waals surface area contributed by atoms with Gasteiger partial charge in [0.05, 0.1) is 18.1 Å². The van der Waals surface area contributed by atoms with Crippen molar-refractivity contribution in [3.8, 4) is 0 Å². The molecule has 3 heterocycles. The van der Waals surface area contributed by atoms with E-state index < -0.39 is 0 Å². The lowest BCUT2D eigenvalue weighted by molar-refractivity contribution is 0.0954. The average molecular weight is 331 g/mol. The smallest absolute Gasteiger partial charge is 0.261 e. The lowest BCUT2D eigenvalue weighted by Crippen LogP contribution is -2.37. The van der Waals surface area contributed by atoms with Crippen molar-refractivity contribution in [1.29, 1.82) is 0 Å². The Labute approximate surface area is 140 Å². The van der Waals surface area contributed by atoms with E-state index in [-0.39, 0.29) is 5.91 Å². The number of hydrogen-bond acceptors (Lipinski definition) is 5. The molecule has 0 spiro atoms. The van der Waals surface area contributed by atoms with Gasteiger partial charge in [-0.05, 0) is 31.5 Å². The second kappa shape index (κ2) is 7.10. The monoisotopic (exact) mass is 331 g/mol. The number of aryl methyl sites for hydroxylation is 2. The molecule has 1 amide bonds. The second-order valence-electron chi connectivity index (χ2n) is 5.62. The highest BCUT2D eigenvalue weighted by atomic mass is 32.1. The largest absolute Gasteiger partial charge is 0.378 e. The van der Waals surface area contributed by atoms with Crippen molar-refractivity contribution in [2.75, 3.05) is 31.2 Å². The molecule has 1 fully saturated rings. The number of hydrogen-bond donors (Lipinski definition) is 1. The summed E-state index contributed by atoms with van der Waals surface area (Å²) in [4.78, 5) is 21.0. The van der Waals surface area contributed by atoms with E-state index in [1.54, 1.807) is 6.20 Å². The summed E-state index contributed by atoms with van der Waals surface area (Å²) in [6.45, 7) is 7.65. The predicted molar refractivity (Wildman–Crippen MR) is 92.2 cm³/mol. The zero-order chi connectivity index (χ0) is 16.2. The number of rotatable bonds is 4. The summed E-state index contributed by atoms with van der Waals surface area (Å²) in [6, 6.07) is 5.87. The number of aromatic nitrogens is 1. The van der Waals surface area contributed by atoms with Gasteiger partial charge in [-0.15, -0.1) is 11.3 Å². The minimum absolute atomic E-state index is 0.0250. The Kier molecular flexibility index (Phi) is 4.93. The predicted octanol–water partition coefficient (Wildman–Crippen LogP) is 2.53. The van der Waals surface area contributed by atoms with Gasteiger partial charge in [-0.1, -0.05) is 6.07 Å². The van der Waals surface area contributed by atoms with Crippen LogP contribution in [0.2, 0.25) is 0 Å². The van der Waals surface area contributed by atoms with E-state index in [1.807, 2.05) is 32.0 Å². The Bertz CT molecular complexity index is 673. The van der Waals surface area contributed by atoms with E-state index >= 15 is 0 Å². The molecule has 122 valence electrons. The molecule has 1 N–H and O–H groups in total. The molecule has 0 saturated carbocycles. The van der Waals surface area contributed by atoms with Gasteiger partial charge in [-0.2, -0.15) is 0 Å². The molecule has 0 bridgehead atoms. The Balaban J connectivity index is 1.69. The number of pyridine rings is 1. The maximum atomic E-state index is 12.3. The minimum atomic E-state index is -0.0250. The van der Waals surface area contributed by atoms with E-state index in [0.29, 0.717) is 6.54 Å². The molecule has 1 aliphatic heterocycles. The zero-order valence-electron chi connectivity index (χ0n) is 13.5. The number of morpholine rings is 1. The van der Waals surface area contributed by atoms with Crippen LogP contribution < -0.4 is 10.2 Å². The van der Waals surface area contributed by atoms with Gasteiger partial charge in [0, 0.05) is 36.3 Å². The first kappa shape index (κ1) is 16.0. The molecular formula is C17H21N3O2S. The van der Waals surface area contributed by atoms with Crippen LogP contribution in [-0.4, -0.2) is 37.2 Å². The third kappa shape index (κ3) is 3.71. The van der Waals surface area contributed by atoms with Gasteiger partial charge in [-0.3, -0.25) is 4.79 Å². The summed E-state index contributed by atoms with van der Waals surface area (Å²) >= 11 is 1.54. The molecule has 1 saturated heterocycles. The maximum absolute atomic E-state index is 12.3. The van der Waals surface area contributed by atoms with Crippen LogP contribution in [0, 0.1) is 13.8 Å². The van der Waals surface area contributed by atoms with E-state index in [4.69, 9.17) is 4.74 Å². The molecule has 3 rings (SSSR count). The third-order valence-corrected chi connectivity index (χ3v) is 5.16. The summed E-state index contributed by atoms with van der Waals surface area (Å²) in [5, 5.41) is 3.01. The quantitative estimate of drug-likeness (QED) is 0.935. The number of carbonyl (C=O) groups is 1. The highest BCUT2D eigenvalue weighted by Gasteiger charge is 2.17. The van der Waals surface area contributed by atoms with E-state index in [9.17, 15) is 4.79 Å². The Morgan fingerprint density at radius 2 is 2.17 bits per heavy atom. The van der Waals surface area contributed by atoms with Gasteiger partial charge in [0.2, 0.25) is 0 Å². The van der Waals surface area contributed by atoms with Crippen LogP contribution in [0.5, 0.6) is 0 Å². The highest BCUT2D eigenvalue weighted by molar-refractivity contribution is 7.14. The van der Waals surface area contributed by atoms with Crippen molar-refractivity contribution < 1.29 is 9.53 Å². The van der Waals surface area contributed by atoms with Crippen molar-refractivity contribution in [1.82, 2.24) is 10.3 Å². The van der Waals surface area contributed by atoms with Crippen molar-refractivity contribution in [2.45, 2.75) is 20.4 Å². The first-order chi connectivity index (χ1) is 11.1. The average Bonchev–Trinajstić information content (AvgIpc) is 2.93. The fraction of sp³-hybridized carbons (Fsp3) is 0.412. The van der Waals surface area contributed by atoms with Crippen molar-refractivity contribution >= 4 is 23.1 Å². The zero-order valence-corrected chi connectivity index (χ0v) is 14.3. The lowest BCUT2D eigenvalue weighted by atomic mass is 10.2. The van der Waals surface area contributed by atoms with Crippen LogP contribution in [0.15, 0.2) is 24.4 Å². The molecule has 2 aromatic rings. The van der Waals surface area contributed by atoms with Crippen LogP contribution in [0.1, 0.15) is 25.7 Å². The molecule has 1 aliphatic rings. The Hall–Kier alpha value is -1.92. The molecule has 0 radical (unpaired) electrons. The topological polar surface area (TPSA) is 54.5 Å². The molecule has 6 heteroatoms. The third-order valence-electron chi connectivity index (χ3n) is 4.01. The number of amides is 1. The fourth-order valence-electron chi connectivity index (χ4n) is 2.58. The van der Waals surface area contributed by atoms with Crippen LogP contribution in [0.4, 0.5) is 5.82 Å². The SMILES string of the molecule is Cc1cc(C(=O)NCc2cccnc2N2CCOCC2)sc1C. The van der Waals surface area contributed by atoms with Gasteiger partial charge in [0.25, 0.3) is 5.91 Å². The number of nitrogens with zero attached hydrogens (tertiary/aromatic N) is 2. The molecule has 5 nitrogen and oxygen atoms in total. The van der Waals surface area contributed by atoms with Crippen molar-refractivity contribution in [3.05, 3.63) is 45.3 Å². The minimum Gasteiger partial charge on any atom is -0.378 e. The number of nitrogens with one attached hydrogen (secondary N) is 1. The van der Waals surface area contributed by atoms with Gasteiger partial charge >= 0.3 is 0 Å². The van der Waals surface area contributed by atoms with E-state index in [1.165, 1.54) is 16.2 Å². The fourth-order valence-corrected chi connectivity index (χ4v) is 3.53. The standard InChI is InChI=1S/C17H21N3O2S/c1-12-10-15(23-13(12)2)17(21)19-11-14-4-3-5-18-16(14)20-6-8-22-9-7-20/h3-5,10H,6-9,11H2,1-2H3,(H,19,21). The molecule has 0 aliphatic carbocycles. The number of thiophene rings is 1. The summed E-state index contributed by atoms with van der Waals surface area (Å²) in [6.07, 6.45) is 1.79. The maximum Gasteiger partial charge on any atom is 0.261 e. The van der Waals surface area contributed by atoms with E-state index in [2.05, 4.69) is 15.2 Å².